The van der Waals surface area contributed by atoms with Gasteiger partial charge >= 0.3 is 5.97 Å². The number of aryl methyl sites for hydroxylation is 2. The van der Waals surface area contributed by atoms with E-state index in [9.17, 15) is 39.6 Å². The standard InChI is InChI=1S/C43H62N6O13/c1-26-17-30-18-27(2)38(26)61-16-15-60-25-31(45-41(55)29-11-8-14-58-23-29)24-59-13-7-6-12-43(42(56)57)19-33(50)36(39(62-43)37(53)34(51)20-44-40(30)54)46-35(52)22-49-21-32(47-48-49)28-9-4-3-5-10-28/h6-7,17-18,21,28-29,31,33-34,36-37,39,50-51,53H,3-5,8-16,19-20,22-25H2,1-2H3,(H,44,54)(H,45,55)(H,46,52)(H,56,57)/b7-6+/t29?,31?,33-,34+,36?,37+,39?,43+/m0/s1. The lowest BCUT2D eigenvalue weighted by Gasteiger charge is -2.47. The highest BCUT2D eigenvalue weighted by Gasteiger charge is 2.54. The molecule has 342 valence electrons. The highest BCUT2D eigenvalue weighted by Crippen LogP contribution is 2.36. The van der Waals surface area contributed by atoms with Crippen LogP contribution >= 0.6 is 0 Å². The van der Waals surface area contributed by atoms with Gasteiger partial charge in [-0.3, -0.25) is 14.4 Å². The van der Waals surface area contributed by atoms with Gasteiger partial charge in [0.25, 0.3) is 5.91 Å². The lowest BCUT2D eigenvalue weighted by atomic mass is 9.81. The van der Waals surface area contributed by atoms with Crippen LogP contribution in [-0.4, -0.2) is 154 Å². The molecule has 3 amide bonds. The van der Waals surface area contributed by atoms with E-state index < -0.39 is 72.8 Å². The molecule has 1 aromatic carbocycles. The molecule has 1 saturated carbocycles. The Morgan fingerprint density at radius 1 is 0.903 bits per heavy atom. The smallest absolute Gasteiger partial charge is 0.336 e. The van der Waals surface area contributed by atoms with Gasteiger partial charge in [-0.1, -0.05) is 36.6 Å². The molecule has 1 aromatic heterocycles. The molecule has 3 fully saturated rings. The Kier molecular flexibility index (Phi) is 16.8. The first-order chi connectivity index (χ1) is 29.8. The van der Waals surface area contributed by atoms with Gasteiger partial charge in [0.15, 0.2) is 5.60 Å². The van der Waals surface area contributed by atoms with E-state index >= 15 is 0 Å². The number of aliphatic hydroxyl groups excluding tert-OH is 3. The SMILES string of the molecule is Cc1cc2cc(C)c1OCCOCC(NC(=O)C1CCCOC1)COC/C=C/C[C@]1(C(=O)O)C[C@H](O)C(NC(=O)Cn3cc(C4CCCCC4)nn3)C(O1)[C@H](O)[C@H](O)CNC2=O. The van der Waals surface area contributed by atoms with Crippen LogP contribution in [-0.2, 0) is 39.9 Å². The van der Waals surface area contributed by atoms with Crippen molar-refractivity contribution in [1.29, 1.82) is 0 Å². The molecule has 0 radical (unpaired) electrons. The van der Waals surface area contributed by atoms with E-state index in [1.165, 1.54) is 17.2 Å². The molecular weight excluding hydrogens is 809 g/mol. The molecule has 4 unspecified atom stereocenters. The second-order valence-electron chi connectivity index (χ2n) is 16.9. The van der Waals surface area contributed by atoms with Crippen molar-refractivity contribution in [2.75, 3.05) is 52.8 Å². The Labute approximate surface area is 360 Å². The minimum atomic E-state index is -2.11. The Bertz CT molecular complexity index is 1840. The third-order valence-corrected chi connectivity index (χ3v) is 12.0. The van der Waals surface area contributed by atoms with Gasteiger partial charge in [-0.15, -0.1) is 5.10 Å². The molecule has 4 aliphatic heterocycles. The van der Waals surface area contributed by atoms with Crippen LogP contribution in [0.5, 0.6) is 5.75 Å². The summed E-state index contributed by atoms with van der Waals surface area (Å²) in [6, 6.07) is 1.32. The number of nitrogens with zero attached hydrogens (tertiary/aromatic N) is 3. The van der Waals surface area contributed by atoms with Crippen LogP contribution in [0, 0.1) is 19.8 Å². The van der Waals surface area contributed by atoms with Crippen LogP contribution in [0.4, 0.5) is 0 Å². The number of benzene rings is 1. The van der Waals surface area contributed by atoms with E-state index in [0.29, 0.717) is 36.5 Å². The predicted molar refractivity (Wildman–Crippen MR) is 220 cm³/mol. The molecule has 19 heteroatoms. The number of nitrogens with one attached hydrogen (secondary N) is 3. The highest BCUT2D eigenvalue weighted by molar-refractivity contribution is 5.95. The van der Waals surface area contributed by atoms with Gasteiger partial charge in [0, 0.05) is 43.7 Å². The molecule has 2 saturated heterocycles. The highest BCUT2D eigenvalue weighted by atomic mass is 16.6. The second kappa shape index (κ2) is 22.2. The molecule has 5 heterocycles. The maximum absolute atomic E-state index is 13.5. The van der Waals surface area contributed by atoms with Crippen molar-refractivity contribution < 1.29 is 63.3 Å². The van der Waals surface area contributed by atoms with Gasteiger partial charge in [0.2, 0.25) is 11.8 Å². The van der Waals surface area contributed by atoms with E-state index in [2.05, 4.69) is 26.3 Å². The zero-order valence-corrected chi connectivity index (χ0v) is 35.5. The molecule has 7 N–H and O–H groups in total. The number of rotatable bonds is 7. The molecule has 5 aliphatic rings. The number of aliphatic carboxylic acids is 1. The summed E-state index contributed by atoms with van der Waals surface area (Å²) in [5, 5.41) is 61.7. The molecule has 0 spiro atoms. The van der Waals surface area contributed by atoms with E-state index in [1.807, 2.05) is 0 Å². The van der Waals surface area contributed by atoms with E-state index in [-0.39, 0.29) is 69.3 Å². The lowest BCUT2D eigenvalue weighted by Crippen LogP contribution is -2.67. The number of hydrogen-bond acceptors (Lipinski definition) is 14. The Morgan fingerprint density at radius 2 is 1.65 bits per heavy atom. The van der Waals surface area contributed by atoms with Gasteiger partial charge in [-0.2, -0.15) is 0 Å². The zero-order chi connectivity index (χ0) is 44.2. The number of ether oxygens (including phenoxy) is 5. The third-order valence-electron chi connectivity index (χ3n) is 12.0. The van der Waals surface area contributed by atoms with E-state index in [0.717, 1.165) is 37.8 Å². The van der Waals surface area contributed by atoms with E-state index in [4.69, 9.17) is 23.7 Å². The molecule has 2 aromatic rings. The van der Waals surface area contributed by atoms with Crippen molar-refractivity contribution in [3.05, 3.63) is 52.9 Å². The van der Waals surface area contributed by atoms with Crippen LogP contribution in [0.15, 0.2) is 30.5 Å². The number of amides is 3. The largest absolute Gasteiger partial charge is 0.491 e. The molecule has 19 nitrogen and oxygen atoms in total. The maximum atomic E-state index is 13.5. The molecule has 62 heavy (non-hydrogen) atoms. The van der Waals surface area contributed by atoms with Gasteiger partial charge < -0.3 is 60.1 Å². The monoisotopic (exact) mass is 870 g/mol. The van der Waals surface area contributed by atoms with Gasteiger partial charge in [-0.25, -0.2) is 9.48 Å². The minimum absolute atomic E-state index is 0.0166. The van der Waals surface area contributed by atoms with Crippen molar-refractivity contribution in [2.45, 2.75) is 126 Å². The van der Waals surface area contributed by atoms with Crippen LogP contribution in [0.1, 0.15) is 90.9 Å². The van der Waals surface area contributed by atoms with Gasteiger partial charge in [0.05, 0.1) is 68.9 Å². The minimum Gasteiger partial charge on any atom is -0.491 e. The average Bonchev–Trinajstić information content (AvgIpc) is 3.73. The molecule has 7 rings (SSSR count). The summed E-state index contributed by atoms with van der Waals surface area (Å²) in [6.07, 6.45) is 3.96. The fourth-order valence-corrected chi connectivity index (χ4v) is 8.63. The predicted octanol–water partition coefficient (Wildman–Crippen LogP) is 0.836. The quantitative estimate of drug-likeness (QED) is 0.190. The average molecular weight is 871 g/mol. The van der Waals surface area contributed by atoms with Gasteiger partial charge in [-0.05, 0) is 62.8 Å². The summed E-state index contributed by atoms with van der Waals surface area (Å²) in [4.78, 5) is 52.9. The summed E-state index contributed by atoms with van der Waals surface area (Å²) >= 11 is 0. The Morgan fingerprint density at radius 3 is 2.37 bits per heavy atom. The molecular formula is C43H62N6O13. The number of aromatic nitrogens is 3. The third kappa shape index (κ3) is 12.4. The summed E-state index contributed by atoms with van der Waals surface area (Å²) in [5.74, 6) is -2.30. The first-order valence-electron chi connectivity index (χ1n) is 21.7. The number of fused-ring (bicyclic) bond motifs is 16. The van der Waals surface area contributed by atoms with Crippen molar-refractivity contribution in [3.8, 4) is 5.75 Å². The summed E-state index contributed by atoms with van der Waals surface area (Å²) in [5.41, 5.74) is 0.265. The number of carboxylic acid groups (broad SMARTS) is 1. The Balaban J connectivity index is 1.20. The number of carbonyl (C=O) groups excluding carboxylic acids is 3. The van der Waals surface area contributed by atoms with E-state index in [1.54, 1.807) is 38.3 Å². The molecule has 4 bridgehead atoms. The topological polar surface area (TPSA) is 262 Å². The van der Waals surface area contributed by atoms with Crippen LogP contribution in [0.3, 0.4) is 0 Å². The number of aliphatic hydroxyl groups is 3. The van der Waals surface area contributed by atoms with Crippen molar-refractivity contribution >= 4 is 23.7 Å². The van der Waals surface area contributed by atoms with Crippen LogP contribution < -0.4 is 20.7 Å². The molecule has 1 aliphatic carbocycles. The zero-order valence-electron chi connectivity index (χ0n) is 35.5. The summed E-state index contributed by atoms with van der Waals surface area (Å²) < 4.78 is 30.8. The van der Waals surface area contributed by atoms with Crippen molar-refractivity contribution in [3.63, 3.8) is 0 Å². The first kappa shape index (κ1) is 47.0. The number of carbonyl (C=O) groups is 4. The van der Waals surface area contributed by atoms with Crippen LogP contribution in [0.25, 0.3) is 0 Å². The summed E-state index contributed by atoms with van der Waals surface area (Å²) in [7, 11) is 0. The van der Waals surface area contributed by atoms with Gasteiger partial charge in [0.1, 0.15) is 31.1 Å². The number of carboxylic acids is 1. The second-order valence-corrected chi connectivity index (χ2v) is 16.9. The van der Waals surface area contributed by atoms with Crippen molar-refractivity contribution in [2.24, 2.45) is 5.92 Å². The lowest BCUT2D eigenvalue weighted by molar-refractivity contribution is -0.226. The van der Waals surface area contributed by atoms with Crippen LogP contribution in [0.2, 0.25) is 0 Å². The van der Waals surface area contributed by atoms with Crippen molar-refractivity contribution in [1.82, 2.24) is 30.9 Å². The fourth-order valence-electron chi connectivity index (χ4n) is 8.63. The Hall–Kier alpha value is -4.50. The normalized spacial score (nSPS) is 30.5. The summed E-state index contributed by atoms with van der Waals surface area (Å²) in [6.45, 7) is 4.30. The first-order valence-corrected chi connectivity index (χ1v) is 21.7. The maximum Gasteiger partial charge on any atom is 0.336 e. The molecule has 8 atom stereocenters. The fraction of sp³-hybridized carbons (Fsp3) is 0.674. The number of hydrogen-bond donors (Lipinski definition) is 7.